The number of carbonyl (C=O) groups is 2. The maximum Gasteiger partial charge on any atom is 0.253 e. The predicted molar refractivity (Wildman–Crippen MR) is 101 cm³/mol. The molecule has 0 aliphatic carbocycles. The van der Waals surface area contributed by atoms with Gasteiger partial charge in [-0.1, -0.05) is 6.92 Å². The van der Waals surface area contributed by atoms with E-state index in [2.05, 4.69) is 10.0 Å². The second-order valence-corrected chi connectivity index (χ2v) is 8.48. The SMILES string of the molecule is CCCNC(=O)[C@@H]1CCCN(C(=O)c2ccc(NS(=O)(=O)CC)cc2)C1. The molecule has 0 bridgehead atoms. The Balaban J connectivity index is 2.00. The van der Waals surface area contributed by atoms with Crippen molar-refractivity contribution in [2.24, 2.45) is 5.92 Å². The number of piperidine rings is 1. The van der Waals surface area contributed by atoms with Gasteiger partial charge in [0.1, 0.15) is 0 Å². The number of hydrogen-bond donors (Lipinski definition) is 2. The lowest BCUT2D eigenvalue weighted by molar-refractivity contribution is -0.126. The number of rotatable bonds is 7. The highest BCUT2D eigenvalue weighted by molar-refractivity contribution is 7.92. The number of benzene rings is 1. The molecule has 0 saturated carbocycles. The quantitative estimate of drug-likeness (QED) is 0.753. The Bertz CT molecular complexity index is 731. The monoisotopic (exact) mass is 381 g/mol. The summed E-state index contributed by atoms with van der Waals surface area (Å²) in [5.41, 5.74) is 0.915. The van der Waals surface area contributed by atoms with Crippen LogP contribution in [0.5, 0.6) is 0 Å². The van der Waals surface area contributed by atoms with Crippen molar-refractivity contribution in [2.45, 2.75) is 33.1 Å². The van der Waals surface area contributed by atoms with E-state index in [9.17, 15) is 18.0 Å². The molecule has 1 atom stereocenters. The lowest BCUT2D eigenvalue weighted by Gasteiger charge is -2.32. The third-order valence-electron chi connectivity index (χ3n) is 4.41. The molecule has 7 nitrogen and oxygen atoms in total. The molecule has 1 fully saturated rings. The zero-order valence-electron chi connectivity index (χ0n) is 15.3. The number of likely N-dealkylation sites (tertiary alicyclic amines) is 1. The van der Waals surface area contributed by atoms with Crippen molar-refractivity contribution >= 4 is 27.5 Å². The molecule has 1 aromatic carbocycles. The van der Waals surface area contributed by atoms with Crippen LogP contribution in [0.4, 0.5) is 5.69 Å². The highest BCUT2D eigenvalue weighted by Crippen LogP contribution is 2.20. The van der Waals surface area contributed by atoms with Crippen LogP contribution in [0.3, 0.4) is 0 Å². The Labute approximate surface area is 155 Å². The van der Waals surface area contributed by atoms with Crippen molar-refractivity contribution in [3.63, 3.8) is 0 Å². The number of hydrogen-bond acceptors (Lipinski definition) is 4. The van der Waals surface area contributed by atoms with E-state index in [1.54, 1.807) is 36.1 Å². The topological polar surface area (TPSA) is 95.6 Å². The van der Waals surface area contributed by atoms with E-state index in [4.69, 9.17) is 0 Å². The van der Waals surface area contributed by atoms with Gasteiger partial charge < -0.3 is 10.2 Å². The van der Waals surface area contributed by atoms with Crippen LogP contribution < -0.4 is 10.0 Å². The van der Waals surface area contributed by atoms with Gasteiger partial charge in [-0.2, -0.15) is 0 Å². The first-order valence-electron chi connectivity index (χ1n) is 9.03. The van der Waals surface area contributed by atoms with Crippen LogP contribution in [-0.4, -0.2) is 50.5 Å². The normalized spacial score (nSPS) is 17.6. The Morgan fingerprint density at radius 1 is 1.19 bits per heavy atom. The number of sulfonamides is 1. The van der Waals surface area contributed by atoms with Crippen LogP contribution >= 0.6 is 0 Å². The molecule has 1 aromatic rings. The average molecular weight is 381 g/mol. The molecule has 0 radical (unpaired) electrons. The third-order valence-corrected chi connectivity index (χ3v) is 5.72. The fraction of sp³-hybridized carbons (Fsp3) is 0.556. The number of carbonyl (C=O) groups excluding carboxylic acids is 2. The van der Waals surface area contributed by atoms with E-state index >= 15 is 0 Å². The molecule has 0 aromatic heterocycles. The number of amides is 2. The molecule has 2 amide bonds. The fourth-order valence-corrected chi connectivity index (χ4v) is 3.52. The van der Waals surface area contributed by atoms with E-state index < -0.39 is 10.0 Å². The first-order chi connectivity index (χ1) is 12.4. The maximum atomic E-state index is 12.7. The lowest BCUT2D eigenvalue weighted by Crippen LogP contribution is -2.45. The van der Waals surface area contributed by atoms with E-state index in [1.807, 2.05) is 6.92 Å². The summed E-state index contributed by atoms with van der Waals surface area (Å²) in [5.74, 6) is -0.311. The summed E-state index contributed by atoms with van der Waals surface area (Å²) in [4.78, 5) is 26.5. The molecular formula is C18H27N3O4S. The molecule has 1 aliphatic rings. The standard InChI is InChI=1S/C18H27N3O4S/c1-3-11-19-17(22)15-6-5-12-21(13-15)18(23)14-7-9-16(10-8-14)20-26(24,25)4-2/h7-10,15,20H,3-6,11-13H2,1-2H3,(H,19,22)/t15-/m1/s1. The first kappa shape index (κ1) is 20.2. The van der Waals surface area contributed by atoms with Crippen LogP contribution in [0.15, 0.2) is 24.3 Å². The van der Waals surface area contributed by atoms with Crippen molar-refractivity contribution in [2.75, 3.05) is 30.1 Å². The van der Waals surface area contributed by atoms with Crippen LogP contribution in [0.25, 0.3) is 0 Å². The molecule has 2 N–H and O–H groups in total. The van der Waals surface area contributed by atoms with Gasteiger partial charge in [0.05, 0.1) is 11.7 Å². The molecule has 2 rings (SSSR count). The summed E-state index contributed by atoms with van der Waals surface area (Å²) in [6.07, 6.45) is 2.47. The van der Waals surface area contributed by atoms with Gasteiger partial charge in [-0.15, -0.1) is 0 Å². The van der Waals surface area contributed by atoms with Crippen molar-refractivity contribution in [1.29, 1.82) is 0 Å². The molecule has 1 saturated heterocycles. The van der Waals surface area contributed by atoms with Gasteiger partial charge >= 0.3 is 0 Å². The summed E-state index contributed by atoms with van der Waals surface area (Å²) in [5, 5.41) is 2.89. The van der Waals surface area contributed by atoms with Crippen LogP contribution in [-0.2, 0) is 14.8 Å². The zero-order chi connectivity index (χ0) is 19.2. The minimum atomic E-state index is -3.34. The van der Waals surface area contributed by atoms with Crippen molar-refractivity contribution in [1.82, 2.24) is 10.2 Å². The molecule has 8 heteroatoms. The minimum Gasteiger partial charge on any atom is -0.356 e. The lowest BCUT2D eigenvalue weighted by atomic mass is 9.96. The summed E-state index contributed by atoms with van der Waals surface area (Å²) in [7, 11) is -3.34. The number of nitrogens with one attached hydrogen (secondary N) is 2. The minimum absolute atomic E-state index is 0.00803. The van der Waals surface area contributed by atoms with Gasteiger partial charge in [-0.05, 0) is 50.5 Å². The van der Waals surface area contributed by atoms with Crippen LogP contribution in [0.1, 0.15) is 43.5 Å². The average Bonchev–Trinajstić information content (AvgIpc) is 2.66. The van der Waals surface area contributed by atoms with Gasteiger partial charge in [-0.3, -0.25) is 14.3 Å². The Morgan fingerprint density at radius 2 is 1.88 bits per heavy atom. The molecule has 1 heterocycles. The second-order valence-electron chi connectivity index (χ2n) is 6.46. The van der Waals surface area contributed by atoms with Crippen molar-refractivity contribution < 1.29 is 18.0 Å². The maximum absolute atomic E-state index is 12.7. The van der Waals surface area contributed by atoms with E-state index in [0.29, 0.717) is 30.9 Å². The molecule has 144 valence electrons. The summed E-state index contributed by atoms with van der Waals surface area (Å²) < 4.78 is 25.6. The second kappa shape index (κ2) is 9.02. The first-order valence-corrected chi connectivity index (χ1v) is 10.7. The Hall–Kier alpha value is -2.09. The van der Waals surface area contributed by atoms with Gasteiger partial charge in [-0.25, -0.2) is 8.42 Å². The third kappa shape index (κ3) is 5.45. The molecule has 26 heavy (non-hydrogen) atoms. The number of anilines is 1. The van der Waals surface area contributed by atoms with Gasteiger partial charge in [0.15, 0.2) is 0 Å². The smallest absolute Gasteiger partial charge is 0.253 e. The highest BCUT2D eigenvalue weighted by atomic mass is 32.2. The van der Waals surface area contributed by atoms with Crippen LogP contribution in [0, 0.1) is 5.92 Å². The summed E-state index contributed by atoms with van der Waals surface area (Å²) >= 11 is 0. The largest absolute Gasteiger partial charge is 0.356 e. The van der Waals surface area contributed by atoms with Crippen molar-refractivity contribution in [3.05, 3.63) is 29.8 Å². The molecule has 1 aliphatic heterocycles. The Morgan fingerprint density at radius 3 is 2.50 bits per heavy atom. The van der Waals surface area contributed by atoms with E-state index in [0.717, 1.165) is 19.3 Å². The predicted octanol–water partition coefficient (Wildman–Crippen LogP) is 1.83. The van der Waals surface area contributed by atoms with E-state index in [1.165, 1.54) is 0 Å². The van der Waals surface area contributed by atoms with Gasteiger partial charge in [0, 0.05) is 30.9 Å². The van der Waals surface area contributed by atoms with Crippen molar-refractivity contribution in [3.8, 4) is 0 Å². The van der Waals surface area contributed by atoms with Gasteiger partial charge in [0.25, 0.3) is 5.91 Å². The summed E-state index contributed by atoms with van der Waals surface area (Å²) in [6.45, 7) is 5.25. The van der Waals surface area contributed by atoms with Crippen LogP contribution in [0.2, 0.25) is 0 Å². The Kier molecular flexibility index (Phi) is 7.02. The van der Waals surface area contributed by atoms with Gasteiger partial charge in [0.2, 0.25) is 15.9 Å². The molecule has 0 spiro atoms. The van der Waals surface area contributed by atoms with E-state index in [-0.39, 0.29) is 23.5 Å². The fourth-order valence-electron chi connectivity index (χ4n) is 2.88. The highest BCUT2D eigenvalue weighted by Gasteiger charge is 2.28. The molecular weight excluding hydrogens is 354 g/mol. The molecule has 0 unspecified atom stereocenters. The zero-order valence-corrected chi connectivity index (χ0v) is 16.1. The number of nitrogens with zero attached hydrogens (tertiary/aromatic N) is 1. The summed E-state index contributed by atoms with van der Waals surface area (Å²) in [6, 6.07) is 6.37.